The summed E-state index contributed by atoms with van der Waals surface area (Å²) in [6.45, 7) is 3.26. The van der Waals surface area contributed by atoms with E-state index >= 15 is 0 Å². The molecule has 1 heterocycles. The molecule has 0 saturated heterocycles. The van der Waals surface area contributed by atoms with Gasteiger partial charge in [0.25, 0.3) is 0 Å². The van der Waals surface area contributed by atoms with Gasteiger partial charge in [0.2, 0.25) is 0 Å². The molecular formula is C12H21NO. The average Bonchev–Trinajstić information content (AvgIpc) is 2.25. The van der Waals surface area contributed by atoms with E-state index in [9.17, 15) is 0 Å². The highest BCUT2D eigenvalue weighted by atomic mass is 16.7. The first-order valence-corrected chi connectivity index (χ1v) is 5.70. The molecule has 0 amide bonds. The topological polar surface area (TPSA) is 12.5 Å². The number of nitrogens with zero attached hydrogens (tertiary/aromatic N) is 1. The minimum absolute atomic E-state index is 1.01. The largest absolute Gasteiger partial charge is 0.388 e. The first kappa shape index (κ1) is 11.2. The number of allylic oxidation sites excluding steroid dienone is 2. The lowest BCUT2D eigenvalue weighted by Crippen LogP contribution is -2.17. The first-order chi connectivity index (χ1) is 6.93. The van der Waals surface area contributed by atoms with Crippen molar-refractivity contribution in [3.63, 3.8) is 0 Å². The van der Waals surface area contributed by atoms with Gasteiger partial charge in [0.15, 0.2) is 0 Å². The van der Waals surface area contributed by atoms with Crippen molar-refractivity contribution in [3.05, 3.63) is 24.6 Å². The molecule has 14 heavy (non-hydrogen) atoms. The number of unbranched alkanes of at least 4 members (excludes halogenated alkanes) is 5. The van der Waals surface area contributed by atoms with Crippen molar-refractivity contribution < 1.29 is 4.84 Å². The highest BCUT2D eigenvalue weighted by molar-refractivity contribution is 5.01. The molecule has 0 aromatic heterocycles. The quantitative estimate of drug-likeness (QED) is 0.575. The molecule has 0 saturated carbocycles. The van der Waals surface area contributed by atoms with E-state index in [1.54, 1.807) is 6.26 Å². The molecule has 2 heteroatoms. The Morgan fingerprint density at radius 3 is 2.50 bits per heavy atom. The fraction of sp³-hybridized carbons (Fsp3) is 0.667. The van der Waals surface area contributed by atoms with Gasteiger partial charge in [-0.1, -0.05) is 39.0 Å². The molecule has 80 valence electrons. The summed E-state index contributed by atoms with van der Waals surface area (Å²) in [7, 11) is 0. The Labute approximate surface area is 87.2 Å². The van der Waals surface area contributed by atoms with Crippen LogP contribution in [0.1, 0.15) is 45.4 Å². The third-order valence-electron chi connectivity index (χ3n) is 2.37. The lowest BCUT2D eigenvalue weighted by Gasteiger charge is -2.19. The maximum Gasteiger partial charge on any atom is 0.119 e. The van der Waals surface area contributed by atoms with Gasteiger partial charge in [0.05, 0.1) is 6.54 Å². The number of rotatable bonds is 7. The van der Waals surface area contributed by atoms with Crippen molar-refractivity contribution in [2.75, 3.05) is 6.54 Å². The second-order valence-electron chi connectivity index (χ2n) is 3.68. The minimum Gasteiger partial charge on any atom is -0.388 e. The van der Waals surface area contributed by atoms with Crippen molar-refractivity contribution >= 4 is 0 Å². The standard InChI is InChI=1S/C12H21NO/c1-2-3-4-5-6-7-10-13-11-8-9-12-14-13/h8-9,11-12H,2-7,10H2,1H3. The van der Waals surface area contributed by atoms with Crippen LogP contribution in [-0.4, -0.2) is 11.6 Å². The van der Waals surface area contributed by atoms with Crippen molar-refractivity contribution in [3.8, 4) is 0 Å². The van der Waals surface area contributed by atoms with Crippen molar-refractivity contribution in [2.24, 2.45) is 0 Å². The second kappa shape index (κ2) is 7.48. The highest BCUT2D eigenvalue weighted by Crippen LogP contribution is 2.07. The molecule has 0 radical (unpaired) electrons. The summed E-state index contributed by atoms with van der Waals surface area (Å²) < 4.78 is 0. The van der Waals surface area contributed by atoms with Gasteiger partial charge in [-0.25, -0.2) is 5.06 Å². The van der Waals surface area contributed by atoms with Gasteiger partial charge in [-0.2, -0.15) is 0 Å². The van der Waals surface area contributed by atoms with Crippen LogP contribution in [0.3, 0.4) is 0 Å². The third-order valence-corrected chi connectivity index (χ3v) is 2.37. The normalized spacial score (nSPS) is 14.5. The van der Waals surface area contributed by atoms with Crippen LogP contribution < -0.4 is 0 Å². The summed E-state index contributed by atoms with van der Waals surface area (Å²) in [6.07, 6.45) is 15.6. The maximum atomic E-state index is 5.27. The van der Waals surface area contributed by atoms with Crippen LogP contribution in [0.15, 0.2) is 24.6 Å². The summed E-state index contributed by atoms with van der Waals surface area (Å²) in [4.78, 5) is 5.27. The van der Waals surface area contributed by atoms with Crippen molar-refractivity contribution in [1.29, 1.82) is 0 Å². The summed E-state index contributed by atoms with van der Waals surface area (Å²) in [5.74, 6) is 0. The Balaban J connectivity index is 1.88. The van der Waals surface area contributed by atoms with Gasteiger partial charge in [-0.3, -0.25) is 0 Å². The molecule has 1 aliphatic heterocycles. The van der Waals surface area contributed by atoms with Gasteiger partial charge in [0.1, 0.15) is 6.26 Å². The van der Waals surface area contributed by atoms with Crippen LogP contribution in [0.2, 0.25) is 0 Å². The van der Waals surface area contributed by atoms with Gasteiger partial charge in [-0.15, -0.1) is 0 Å². The highest BCUT2D eigenvalue weighted by Gasteiger charge is 1.99. The van der Waals surface area contributed by atoms with Crippen LogP contribution in [0.25, 0.3) is 0 Å². The Hall–Kier alpha value is -0.920. The van der Waals surface area contributed by atoms with E-state index in [2.05, 4.69) is 6.92 Å². The van der Waals surface area contributed by atoms with Gasteiger partial charge < -0.3 is 4.84 Å². The van der Waals surface area contributed by atoms with Gasteiger partial charge in [-0.05, 0) is 18.6 Å². The summed E-state index contributed by atoms with van der Waals surface area (Å²) in [6, 6.07) is 0. The van der Waals surface area contributed by atoms with E-state index in [1.807, 2.05) is 23.4 Å². The Morgan fingerprint density at radius 1 is 1.00 bits per heavy atom. The lowest BCUT2D eigenvalue weighted by molar-refractivity contribution is -0.0604. The second-order valence-corrected chi connectivity index (χ2v) is 3.68. The Bertz CT molecular complexity index is 187. The summed E-state index contributed by atoms with van der Waals surface area (Å²) in [5.41, 5.74) is 0. The zero-order chi connectivity index (χ0) is 10.1. The molecule has 1 rings (SSSR count). The fourth-order valence-corrected chi connectivity index (χ4v) is 1.51. The van der Waals surface area contributed by atoms with E-state index in [0.717, 1.165) is 6.54 Å². The van der Waals surface area contributed by atoms with E-state index in [-0.39, 0.29) is 0 Å². The average molecular weight is 195 g/mol. The predicted octanol–water partition coefficient (Wildman–Crippen LogP) is 3.62. The minimum atomic E-state index is 1.01. The Kier molecular flexibility index (Phi) is 5.96. The molecular weight excluding hydrogens is 174 g/mol. The smallest absolute Gasteiger partial charge is 0.119 e. The monoisotopic (exact) mass is 195 g/mol. The van der Waals surface area contributed by atoms with Crippen LogP contribution in [0.4, 0.5) is 0 Å². The van der Waals surface area contributed by atoms with Crippen LogP contribution in [-0.2, 0) is 4.84 Å². The molecule has 0 bridgehead atoms. The number of hydroxylamine groups is 2. The molecule has 0 aromatic carbocycles. The molecule has 0 atom stereocenters. The van der Waals surface area contributed by atoms with Crippen LogP contribution >= 0.6 is 0 Å². The van der Waals surface area contributed by atoms with E-state index in [4.69, 9.17) is 4.84 Å². The number of hydrogen-bond donors (Lipinski definition) is 0. The van der Waals surface area contributed by atoms with E-state index in [0.29, 0.717) is 0 Å². The summed E-state index contributed by atoms with van der Waals surface area (Å²) >= 11 is 0. The number of hydrogen-bond acceptors (Lipinski definition) is 2. The van der Waals surface area contributed by atoms with Gasteiger partial charge in [0, 0.05) is 6.20 Å². The molecule has 0 unspecified atom stereocenters. The van der Waals surface area contributed by atoms with E-state index in [1.165, 1.54) is 38.5 Å². The maximum absolute atomic E-state index is 5.27. The SMILES string of the molecule is CCCCCCCCN1C=CC=CO1. The van der Waals surface area contributed by atoms with Crippen molar-refractivity contribution in [1.82, 2.24) is 5.06 Å². The predicted molar refractivity (Wildman–Crippen MR) is 59.4 cm³/mol. The summed E-state index contributed by atoms with van der Waals surface area (Å²) in [5, 5.41) is 1.89. The van der Waals surface area contributed by atoms with Crippen LogP contribution in [0, 0.1) is 0 Å². The van der Waals surface area contributed by atoms with Crippen molar-refractivity contribution in [2.45, 2.75) is 45.4 Å². The van der Waals surface area contributed by atoms with Crippen LogP contribution in [0.5, 0.6) is 0 Å². The van der Waals surface area contributed by atoms with Gasteiger partial charge >= 0.3 is 0 Å². The fourth-order valence-electron chi connectivity index (χ4n) is 1.51. The Morgan fingerprint density at radius 2 is 1.79 bits per heavy atom. The third kappa shape index (κ3) is 4.95. The molecule has 0 N–H and O–H groups in total. The molecule has 2 nitrogen and oxygen atoms in total. The first-order valence-electron chi connectivity index (χ1n) is 5.70. The molecule has 0 fully saturated rings. The molecule has 0 aliphatic carbocycles. The molecule has 0 spiro atoms. The molecule has 0 aromatic rings. The lowest BCUT2D eigenvalue weighted by atomic mass is 10.1. The zero-order valence-corrected chi connectivity index (χ0v) is 9.11. The zero-order valence-electron chi connectivity index (χ0n) is 9.11. The molecule has 1 aliphatic rings. The van der Waals surface area contributed by atoms with E-state index < -0.39 is 0 Å².